The minimum atomic E-state index is 0.269. The number of hydrogen-bond acceptors (Lipinski definition) is 2. The van der Waals surface area contributed by atoms with Crippen molar-refractivity contribution in [3.8, 4) is 5.88 Å². The van der Waals surface area contributed by atoms with Gasteiger partial charge in [0, 0.05) is 5.39 Å². The molecule has 1 aromatic heterocycles. The molecule has 0 amide bonds. The number of pyridine rings is 1. The Bertz CT molecular complexity index is 618. The van der Waals surface area contributed by atoms with Crippen LogP contribution in [-0.2, 0) is 5.88 Å². The summed E-state index contributed by atoms with van der Waals surface area (Å²) in [5.41, 5.74) is 0.877. The van der Waals surface area contributed by atoms with Crippen LogP contribution in [0.2, 0.25) is 0 Å². The van der Waals surface area contributed by atoms with Crippen LogP contribution in [0.3, 0.4) is 0 Å². The fourth-order valence-electron chi connectivity index (χ4n) is 3.51. The molecule has 0 N–H and O–H groups in total. The van der Waals surface area contributed by atoms with E-state index in [9.17, 15) is 0 Å². The van der Waals surface area contributed by atoms with Gasteiger partial charge in [0.2, 0.25) is 5.88 Å². The average molecular weight is 304 g/mol. The van der Waals surface area contributed by atoms with Crippen LogP contribution in [0.4, 0.5) is 0 Å². The molecule has 1 aromatic carbocycles. The first-order chi connectivity index (χ1) is 10.2. The number of aromatic nitrogens is 1. The van der Waals surface area contributed by atoms with Gasteiger partial charge in [0.25, 0.3) is 0 Å². The summed E-state index contributed by atoms with van der Waals surface area (Å²) < 4.78 is 6.28. The van der Waals surface area contributed by atoms with E-state index >= 15 is 0 Å². The van der Waals surface area contributed by atoms with Crippen LogP contribution in [0.5, 0.6) is 5.88 Å². The molecule has 3 heteroatoms. The Balaban J connectivity index is 1.92. The van der Waals surface area contributed by atoms with Crippen molar-refractivity contribution in [1.29, 1.82) is 0 Å². The van der Waals surface area contributed by atoms with E-state index in [1.807, 2.05) is 18.2 Å². The van der Waals surface area contributed by atoms with Crippen molar-refractivity contribution < 1.29 is 4.74 Å². The van der Waals surface area contributed by atoms with Crippen molar-refractivity contribution in [3.05, 3.63) is 36.0 Å². The highest BCUT2D eigenvalue weighted by molar-refractivity contribution is 6.17. The SMILES string of the molecule is CC1CC(C)CC(Oc2nc(CCl)cc3ccccc23)C1. The largest absolute Gasteiger partial charge is 0.474 e. The minimum absolute atomic E-state index is 0.269. The number of rotatable bonds is 3. The van der Waals surface area contributed by atoms with Crippen LogP contribution < -0.4 is 4.74 Å². The average Bonchev–Trinajstić information content (AvgIpc) is 2.46. The smallest absolute Gasteiger partial charge is 0.221 e. The number of halogens is 1. The Morgan fingerprint density at radius 2 is 1.86 bits per heavy atom. The van der Waals surface area contributed by atoms with E-state index in [-0.39, 0.29) is 6.10 Å². The summed E-state index contributed by atoms with van der Waals surface area (Å²) in [6, 6.07) is 10.3. The highest BCUT2D eigenvalue weighted by Crippen LogP contribution is 2.33. The van der Waals surface area contributed by atoms with E-state index in [1.54, 1.807) is 0 Å². The van der Waals surface area contributed by atoms with Gasteiger partial charge in [-0.15, -0.1) is 11.6 Å². The maximum atomic E-state index is 6.28. The standard InChI is InChI=1S/C18H22ClNO/c1-12-7-13(2)9-16(8-12)21-18-17-6-4-3-5-14(17)10-15(11-19)20-18/h3-6,10,12-13,16H,7-9,11H2,1-2H3. The van der Waals surface area contributed by atoms with Gasteiger partial charge >= 0.3 is 0 Å². The van der Waals surface area contributed by atoms with E-state index < -0.39 is 0 Å². The first-order valence-electron chi connectivity index (χ1n) is 7.77. The number of fused-ring (bicyclic) bond motifs is 1. The Hall–Kier alpha value is -1.28. The molecule has 3 rings (SSSR count). The summed E-state index contributed by atoms with van der Waals surface area (Å²) in [5, 5.41) is 2.23. The van der Waals surface area contributed by atoms with Gasteiger partial charge in [-0.2, -0.15) is 0 Å². The molecule has 112 valence electrons. The molecular formula is C18H22ClNO. The van der Waals surface area contributed by atoms with Crippen molar-refractivity contribution in [1.82, 2.24) is 4.98 Å². The monoisotopic (exact) mass is 303 g/mol. The quantitative estimate of drug-likeness (QED) is 0.729. The summed E-state index contributed by atoms with van der Waals surface area (Å²) in [5.74, 6) is 2.61. The minimum Gasteiger partial charge on any atom is -0.474 e. The molecular weight excluding hydrogens is 282 g/mol. The molecule has 0 bridgehead atoms. The highest BCUT2D eigenvalue weighted by Gasteiger charge is 2.26. The fraction of sp³-hybridized carbons (Fsp3) is 0.500. The molecule has 1 fully saturated rings. The summed E-state index contributed by atoms with van der Waals surface area (Å²) in [6.45, 7) is 4.62. The number of alkyl halides is 1. The second-order valence-electron chi connectivity index (χ2n) is 6.43. The molecule has 21 heavy (non-hydrogen) atoms. The second kappa shape index (κ2) is 6.23. The second-order valence-corrected chi connectivity index (χ2v) is 6.70. The lowest BCUT2D eigenvalue weighted by Crippen LogP contribution is -2.28. The van der Waals surface area contributed by atoms with E-state index in [2.05, 4.69) is 31.0 Å². The van der Waals surface area contributed by atoms with E-state index in [4.69, 9.17) is 16.3 Å². The predicted octanol–water partition coefficient (Wildman–Crippen LogP) is 5.18. The molecule has 1 heterocycles. The molecule has 2 aromatic rings. The predicted molar refractivity (Wildman–Crippen MR) is 87.9 cm³/mol. The van der Waals surface area contributed by atoms with Crippen molar-refractivity contribution in [2.75, 3.05) is 0 Å². The molecule has 1 aliphatic rings. The molecule has 0 saturated heterocycles. The first kappa shape index (κ1) is 14.6. The van der Waals surface area contributed by atoms with E-state index in [1.165, 1.54) is 6.42 Å². The highest BCUT2D eigenvalue weighted by atomic mass is 35.5. The zero-order valence-electron chi connectivity index (χ0n) is 12.7. The lowest BCUT2D eigenvalue weighted by atomic mass is 9.82. The number of hydrogen-bond donors (Lipinski definition) is 0. The van der Waals surface area contributed by atoms with Gasteiger partial charge in [0.05, 0.1) is 11.6 Å². The molecule has 2 unspecified atom stereocenters. The lowest BCUT2D eigenvalue weighted by molar-refractivity contribution is 0.0981. The maximum absolute atomic E-state index is 6.28. The molecule has 0 spiro atoms. The van der Waals surface area contributed by atoms with E-state index in [0.717, 1.165) is 47.0 Å². The number of benzene rings is 1. The number of nitrogens with zero attached hydrogens (tertiary/aromatic N) is 1. The molecule has 1 saturated carbocycles. The third-order valence-electron chi connectivity index (χ3n) is 4.31. The molecule has 2 atom stereocenters. The maximum Gasteiger partial charge on any atom is 0.221 e. The van der Waals surface area contributed by atoms with Gasteiger partial charge in [-0.25, -0.2) is 4.98 Å². The van der Waals surface area contributed by atoms with Crippen LogP contribution in [0.15, 0.2) is 30.3 Å². The lowest BCUT2D eigenvalue weighted by Gasteiger charge is -2.31. The van der Waals surface area contributed by atoms with Crippen LogP contribution in [-0.4, -0.2) is 11.1 Å². The molecule has 1 aliphatic carbocycles. The topological polar surface area (TPSA) is 22.1 Å². The summed E-state index contributed by atoms with van der Waals surface area (Å²) in [7, 11) is 0. The Kier molecular flexibility index (Phi) is 4.34. The first-order valence-corrected chi connectivity index (χ1v) is 8.30. The van der Waals surface area contributed by atoms with Crippen molar-refractivity contribution in [2.24, 2.45) is 11.8 Å². The van der Waals surface area contributed by atoms with Gasteiger partial charge < -0.3 is 4.74 Å². The summed E-state index contributed by atoms with van der Waals surface area (Å²) in [4.78, 5) is 4.61. The van der Waals surface area contributed by atoms with Gasteiger partial charge in [0.15, 0.2) is 0 Å². The van der Waals surface area contributed by atoms with Crippen molar-refractivity contribution in [3.63, 3.8) is 0 Å². The van der Waals surface area contributed by atoms with Gasteiger partial charge in [-0.3, -0.25) is 0 Å². The van der Waals surface area contributed by atoms with Crippen LogP contribution in [0, 0.1) is 11.8 Å². The van der Waals surface area contributed by atoms with Gasteiger partial charge in [-0.05, 0) is 48.6 Å². The third-order valence-corrected chi connectivity index (χ3v) is 4.58. The summed E-state index contributed by atoms with van der Waals surface area (Å²) >= 11 is 5.97. The van der Waals surface area contributed by atoms with Crippen LogP contribution in [0.1, 0.15) is 38.8 Å². The molecule has 2 nitrogen and oxygen atoms in total. The number of ether oxygens (including phenoxy) is 1. The van der Waals surface area contributed by atoms with Gasteiger partial charge in [0.1, 0.15) is 6.10 Å². The van der Waals surface area contributed by atoms with Crippen LogP contribution >= 0.6 is 11.6 Å². The van der Waals surface area contributed by atoms with Crippen molar-refractivity contribution in [2.45, 2.75) is 45.1 Å². The van der Waals surface area contributed by atoms with E-state index in [0.29, 0.717) is 5.88 Å². The third kappa shape index (κ3) is 3.32. The zero-order valence-corrected chi connectivity index (χ0v) is 13.4. The Morgan fingerprint density at radius 1 is 1.14 bits per heavy atom. The Morgan fingerprint density at radius 3 is 2.57 bits per heavy atom. The summed E-state index contributed by atoms with van der Waals surface area (Å²) in [6.07, 6.45) is 3.80. The molecule has 0 aliphatic heterocycles. The molecule has 0 radical (unpaired) electrons. The normalized spacial score (nSPS) is 26.0. The zero-order chi connectivity index (χ0) is 14.8. The fourth-order valence-corrected chi connectivity index (χ4v) is 3.64. The van der Waals surface area contributed by atoms with Crippen molar-refractivity contribution >= 4 is 22.4 Å². The van der Waals surface area contributed by atoms with Crippen LogP contribution in [0.25, 0.3) is 10.8 Å². The Labute approximate surface area is 131 Å². The van der Waals surface area contributed by atoms with Gasteiger partial charge in [-0.1, -0.05) is 32.0 Å².